The van der Waals surface area contributed by atoms with Crippen LogP contribution < -0.4 is 0 Å². The molecule has 0 saturated heterocycles. The summed E-state index contributed by atoms with van der Waals surface area (Å²) in [5, 5.41) is 0. The molecule has 6 heterocycles. The fourth-order valence-electron chi connectivity index (χ4n) is 8.05. The van der Waals surface area contributed by atoms with E-state index in [1.54, 1.807) is 11.1 Å². The largest absolute Gasteiger partial charge is 0.251 e. The van der Waals surface area contributed by atoms with E-state index < -0.39 is 0 Å². The number of rotatable bonds is 24. The number of aromatic nitrogens is 2. The molecule has 0 unspecified atom stereocenters. The minimum absolute atomic E-state index is 1.03. The predicted octanol–water partition coefficient (Wildman–Crippen LogP) is 18.0. The van der Waals surface area contributed by atoms with Crippen LogP contribution in [0, 0.1) is 20.8 Å². The minimum atomic E-state index is 1.03. The molecular weight excluding hydrogens is 777 g/mol. The maximum Gasteiger partial charge on any atom is 0.108 e. The average Bonchev–Trinajstić information content (AvgIpc) is 4.03. The summed E-state index contributed by atoms with van der Waals surface area (Å²) in [6.45, 7) is 16.1. The van der Waals surface area contributed by atoms with E-state index in [1.807, 2.05) is 56.7 Å². The number of fused-ring (bicyclic) bond motifs is 1. The van der Waals surface area contributed by atoms with Gasteiger partial charge in [-0.3, -0.25) is 4.98 Å². The quantitative estimate of drug-likeness (QED) is 0.0567. The lowest BCUT2D eigenvalue weighted by Gasteiger charge is -2.06. The smallest absolute Gasteiger partial charge is 0.108 e. The zero-order valence-electron chi connectivity index (χ0n) is 35.5. The monoisotopic (exact) mass is 842 g/mol. The van der Waals surface area contributed by atoms with E-state index >= 15 is 0 Å². The molecule has 6 aromatic rings. The summed E-state index contributed by atoms with van der Waals surface area (Å²) in [5.74, 6) is 0. The van der Waals surface area contributed by atoms with Gasteiger partial charge in [-0.25, -0.2) is 4.98 Å². The number of nitrogens with zero attached hydrogens (tertiary/aromatic N) is 2. The highest BCUT2D eigenvalue weighted by Crippen LogP contribution is 2.49. The highest BCUT2D eigenvalue weighted by atomic mass is 32.1. The molecule has 0 aliphatic carbocycles. The Balaban J connectivity index is 1.35. The minimum Gasteiger partial charge on any atom is -0.251 e. The first-order valence-electron chi connectivity index (χ1n) is 22.1. The third-order valence-electron chi connectivity index (χ3n) is 11.1. The van der Waals surface area contributed by atoms with Gasteiger partial charge in [0.15, 0.2) is 0 Å². The number of thiophene rings is 5. The summed E-state index contributed by atoms with van der Waals surface area (Å²) in [4.78, 5) is 24.8. The van der Waals surface area contributed by atoms with Crippen LogP contribution >= 0.6 is 56.7 Å². The lowest BCUT2D eigenvalue weighted by atomic mass is 10.0. The molecule has 56 heavy (non-hydrogen) atoms. The molecule has 2 nitrogen and oxygen atoms in total. The van der Waals surface area contributed by atoms with Crippen LogP contribution in [-0.2, 0) is 25.7 Å². The van der Waals surface area contributed by atoms with Gasteiger partial charge in [0.05, 0.1) is 21.6 Å². The Morgan fingerprint density at radius 3 is 1.29 bits per heavy atom. The molecule has 302 valence electrons. The van der Waals surface area contributed by atoms with Crippen LogP contribution in [0.1, 0.15) is 167 Å². The second-order valence-corrected chi connectivity index (χ2v) is 21.9. The molecule has 6 aromatic heterocycles. The maximum atomic E-state index is 5.44. The van der Waals surface area contributed by atoms with E-state index in [9.17, 15) is 0 Å². The summed E-state index contributed by atoms with van der Waals surface area (Å²) in [5.41, 5.74) is 9.33. The van der Waals surface area contributed by atoms with Crippen molar-refractivity contribution in [2.24, 2.45) is 0 Å². The molecule has 0 aromatic carbocycles. The van der Waals surface area contributed by atoms with Crippen molar-refractivity contribution < 1.29 is 0 Å². The maximum absolute atomic E-state index is 5.44. The molecular formula is C49H66N2S5. The van der Waals surface area contributed by atoms with Gasteiger partial charge in [0, 0.05) is 39.0 Å². The van der Waals surface area contributed by atoms with E-state index in [4.69, 9.17) is 9.97 Å². The van der Waals surface area contributed by atoms with E-state index in [2.05, 4.69) is 78.9 Å². The van der Waals surface area contributed by atoms with Gasteiger partial charge in [-0.15, -0.1) is 56.7 Å². The number of hydrogen-bond acceptors (Lipinski definition) is 7. The molecule has 0 spiro atoms. The van der Waals surface area contributed by atoms with E-state index in [-0.39, 0.29) is 0 Å². The van der Waals surface area contributed by atoms with Gasteiger partial charge in [0.25, 0.3) is 0 Å². The Morgan fingerprint density at radius 1 is 0.411 bits per heavy atom. The van der Waals surface area contributed by atoms with Crippen molar-refractivity contribution in [3.63, 3.8) is 0 Å². The summed E-state index contributed by atoms with van der Waals surface area (Å²) >= 11 is 9.87. The van der Waals surface area contributed by atoms with Crippen LogP contribution in [0.15, 0.2) is 30.5 Å². The lowest BCUT2D eigenvalue weighted by Crippen LogP contribution is -1.89. The van der Waals surface area contributed by atoms with Gasteiger partial charge in [0.1, 0.15) is 11.0 Å². The Labute approximate surface area is 359 Å². The van der Waals surface area contributed by atoms with Crippen molar-refractivity contribution in [2.75, 3.05) is 0 Å². The van der Waals surface area contributed by atoms with Crippen LogP contribution in [0.25, 0.3) is 50.9 Å². The Kier molecular flexibility index (Phi) is 16.8. The topological polar surface area (TPSA) is 25.8 Å². The number of unbranched alkanes of at least 4 members (excludes halogenated alkanes) is 12. The molecule has 6 rings (SSSR count). The number of hydrogen-bond donors (Lipinski definition) is 0. The zero-order valence-corrected chi connectivity index (χ0v) is 39.5. The molecule has 0 aliphatic heterocycles. The zero-order chi connectivity index (χ0) is 39.4. The molecule has 0 N–H and O–H groups in total. The summed E-state index contributed by atoms with van der Waals surface area (Å²) in [6, 6.07) is 9.94. The van der Waals surface area contributed by atoms with Crippen molar-refractivity contribution in [3.8, 4) is 39.8 Å². The summed E-state index contributed by atoms with van der Waals surface area (Å²) in [6.07, 6.45) is 27.5. The second-order valence-electron chi connectivity index (χ2n) is 16.0. The van der Waals surface area contributed by atoms with Crippen molar-refractivity contribution in [3.05, 3.63) is 67.3 Å². The van der Waals surface area contributed by atoms with E-state index in [0.29, 0.717) is 0 Å². The highest BCUT2D eigenvalue weighted by molar-refractivity contribution is 7.27. The first-order valence-corrected chi connectivity index (χ1v) is 26.1. The first kappa shape index (κ1) is 43.4. The molecule has 0 bridgehead atoms. The van der Waals surface area contributed by atoms with Gasteiger partial charge in [0.2, 0.25) is 0 Å². The molecule has 0 saturated carbocycles. The molecule has 0 radical (unpaired) electrons. The van der Waals surface area contributed by atoms with Gasteiger partial charge < -0.3 is 0 Å². The van der Waals surface area contributed by atoms with Crippen LogP contribution in [0.3, 0.4) is 0 Å². The second kappa shape index (κ2) is 21.7. The Bertz CT molecular complexity index is 2120. The molecule has 0 aliphatic rings. The molecule has 0 fully saturated rings. The average molecular weight is 843 g/mol. The molecule has 0 atom stereocenters. The van der Waals surface area contributed by atoms with Crippen LogP contribution in [0.4, 0.5) is 0 Å². The summed E-state index contributed by atoms with van der Waals surface area (Å²) in [7, 11) is 0. The standard InChI is InChI=1S/C49H66N2S5/c1-8-12-16-20-24-36-28-33(5)52-45(36)47-38(26-22-18-14-10-3)30-41(55-47)40-32-50-44-43(51-40)35(7)54-49(44)42-31-39(27-23-19-15-11-4)48(56-42)46-37(29-34(6)53-46)25-21-17-13-9-2/h28-32H,8-27H2,1-7H3. The van der Waals surface area contributed by atoms with Crippen molar-refractivity contribution in [1.82, 2.24) is 9.97 Å². The van der Waals surface area contributed by atoms with E-state index in [0.717, 1.165) is 29.6 Å². The normalized spacial score (nSPS) is 11.8. The Morgan fingerprint density at radius 2 is 0.821 bits per heavy atom. The predicted molar refractivity (Wildman–Crippen MR) is 256 cm³/mol. The highest BCUT2D eigenvalue weighted by Gasteiger charge is 2.23. The lowest BCUT2D eigenvalue weighted by molar-refractivity contribution is 0.666. The van der Waals surface area contributed by atoms with Crippen LogP contribution in [-0.4, -0.2) is 9.97 Å². The van der Waals surface area contributed by atoms with Gasteiger partial charge >= 0.3 is 0 Å². The SMILES string of the molecule is CCCCCCc1cc(C)sc1-c1sc(-c2cnc3c(-c4cc(CCCCCC)c(-c5sc(C)cc5CCCCCC)s4)sc(C)c3n2)cc1CCCCCC. The van der Waals surface area contributed by atoms with Gasteiger partial charge in [-0.2, -0.15) is 0 Å². The van der Waals surface area contributed by atoms with Crippen molar-refractivity contribution in [1.29, 1.82) is 0 Å². The van der Waals surface area contributed by atoms with Crippen molar-refractivity contribution >= 4 is 67.7 Å². The third kappa shape index (κ3) is 10.9. The third-order valence-corrected chi connectivity index (χ3v) is 17.3. The number of aryl methyl sites for hydroxylation is 7. The Hall–Kier alpha value is -2.16. The van der Waals surface area contributed by atoms with Gasteiger partial charge in [-0.05, 0) is 119 Å². The fourth-order valence-corrected chi connectivity index (χ4v) is 14.1. The van der Waals surface area contributed by atoms with Gasteiger partial charge in [-0.1, -0.05) is 105 Å². The van der Waals surface area contributed by atoms with E-state index in [1.165, 1.54) is 175 Å². The first-order chi connectivity index (χ1) is 27.3. The summed E-state index contributed by atoms with van der Waals surface area (Å²) < 4.78 is 0. The molecule has 0 amide bonds. The van der Waals surface area contributed by atoms with Crippen molar-refractivity contribution in [2.45, 2.75) is 177 Å². The van der Waals surface area contributed by atoms with Crippen LogP contribution in [0.5, 0.6) is 0 Å². The van der Waals surface area contributed by atoms with Crippen LogP contribution in [0.2, 0.25) is 0 Å². The molecule has 7 heteroatoms. The fraction of sp³-hybridized carbons (Fsp3) is 0.551.